The third-order valence-electron chi connectivity index (χ3n) is 3.45. The molecule has 0 radical (unpaired) electrons. The molecule has 0 saturated heterocycles. The van der Waals surface area contributed by atoms with Crippen LogP contribution in [0.25, 0.3) is 0 Å². The summed E-state index contributed by atoms with van der Waals surface area (Å²) in [5.74, 6) is -0.0159. The lowest BCUT2D eigenvalue weighted by Gasteiger charge is -2.12. The van der Waals surface area contributed by atoms with E-state index in [2.05, 4.69) is 10.0 Å². The number of hydrogen-bond donors (Lipinski definition) is 2. The van der Waals surface area contributed by atoms with Gasteiger partial charge in [-0.1, -0.05) is 0 Å². The fraction of sp³-hybridized carbons (Fsp3) is 0.222. The van der Waals surface area contributed by atoms with E-state index in [9.17, 15) is 18.0 Å². The van der Waals surface area contributed by atoms with Crippen LogP contribution in [0.15, 0.2) is 53.4 Å². The Bertz CT molecular complexity index is 907. The van der Waals surface area contributed by atoms with Gasteiger partial charge in [0.05, 0.1) is 4.90 Å². The third kappa shape index (κ3) is 6.00. The highest BCUT2D eigenvalue weighted by Gasteiger charge is 2.14. The van der Waals surface area contributed by atoms with E-state index in [0.717, 1.165) is 0 Å². The summed E-state index contributed by atoms with van der Waals surface area (Å²) in [5, 5.41) is 2.60. The number of likely N-dealkylation sites (N-methyl/N-ethyl adjacent to an activating group) is 1. The van der Waals surface area contributed by atoms with Crippen LogP contribution < -0.4 is 14.8 Å². The van der Waals surface area contributed by atoms with Gasteiger partial charge in [-0.25, -0.2) is 8.42 Å². The normalized spacial score (nSPS) is 10.8. The Morgan fingerprint density at radius 1 is 0.963 bits per heavy atom. The SMILES string of the molecule is CC(=O)Nc1ccc(NS(=O)(=O)c2ccc(OCC(=O)N(C)C)cc2)cc1. The van der Waals surface area contributed by atoms with Crippen molar-refractivity contribution in [1.82, 2.24) is 4.90 Å². The zero-order chi connectivity index (χ0) is 20.0. The maximum atomic E-state index is 12.4. The van der Waals surface area contributed by atoms with E-state index in [4.69, 9.17) is 4.74 Å². The van der Waals surface area contributed by atoms with Crippen LogP contribution in [0, 0.1) is 0 Å². The first kappa shape index (κ1) is 20.2. The Balaban J connectivity index is 2.03. The molecule has 0 unspecified atom stereocenters. The van der Waals surface area contributed by atoms with Crippen LogP contribution in [0.1, 0.15) is 6.92 Å². The number of hydrogen-bond acceptors (Lipinski definition) is 5. The van der Waals surface area contributed by atoms with Gasteiger partial charge in [-0.3, -0.25) is 14.3 Å². The van der Waals surface area contributed by atoms with E-state index in [1.165, 1.54) is 36.1 Å². The molecule has 0 aliphatic heterocycles. The Labute approximate surface area is 158 Å². The van der Waals surface area contributed by atoms with Crippen molar-refractivity contribution < 1.29 is 22.7 Å². The Morgan fingerprint density at radius 3 is 2.04 bits per heavy atom. The van der Waals surface area contributed by atoms with Gasteiger partial charge in [0.25, 0.3) is 15.9 Å². The summed E-state index contributed by atoms with van der Waals surface area (Å²) in [6.07, 6.45) is 0. The van der Waals surface area contributed by atoms with Crippen LogP contribution in [0.2, 0.25) is 0 Å². The molecule has 0 spiro atoms. The summed E-state index contributed by atoms with van der Waals surface area (Å²) in [4.78, 5) is 24.0. The number of amides is 2. The topological polar surface area (TPSA) is 105 Å². The highest BCUT2D eigenvalue weighted by Crippen LogP contribution is 2.20. The van der Waals surface area contributed by atoms with Gasteiger partial charge in [-0.05, 0) is 48.5 Å². The predicted octanol–water partition coefficient (Wildman–Crippen LogP) is 1.91. The van der Waals surface area contributed by atoms with Gasteiger partial charge in [0.1, 0.15) is 5.75 Å². The lowest BCUT2D eigenvalue weighted by Crippen LogP contribution is -2.27. The van der Waals surface area contributed by atoms with E-state index < -0.39 is 10.0 Å². The molecule has 2 N–H and O–H groups in total. The minimum absolute atomic E-state index is 0.0553. The van der Waals surface area contributed by atoms with E-state index in [1.807, 2.05) is 0 Å². The van der Waals surface area contributed by atoms with Crippen LogP contribution in [0.4, 0.5) is 11.4 Å². The quantitative estimate of drug-likeness (QED) is 0.750. The molecule has 0 saturated carbocycles. The van der Waals surface area contributed by atoms with Crippen molar-refractivity contribution >= 4 is 33.2 Å². The highest BCUT2D eigenvalue weighted by molar-refractivity contribution is 7.92. The number of carbonyl (C=O) groups excluding carboxylic acids is 2. The summed E-state index contributed by atoms with van der Waals surface area (Å²) in [5.41, 5.74) is 0.931. The number of carbonyl (C=O) groups is 2. The summed E-state index contributed by atoms with van der Waals surface area (Å²) >= 11 is 0. The minimum atomic E-state index is -3.78. The molecule has 0 bridgehead atoms. The first-order valence-electron chi connectivity index (χ1n) is 8.01. The molecule has 0 aliphatic rings. The smallest absolute Gasteiger partial charge is 0.261 e. The van der Waals surface area contributed by atoms with E-state index >= 15 is 0 Å². The number of rotatable bonds is 7. The molecule has 9 heteroatoms. The van der Waals surface area contributed by atoms with Gasteiger partial charge in [-0.15, -0.1) is 0 Å². The van der Waals surface area contributed by atoms with Gasteiger partial charge in [-0.2, -0.15) is 0 Å². The molecule has 0 atom stereocenters. The monoisotopic (exact) mass is 391 g/mol. The molecule has 2 aromatic rings. The van der Waals surface area contributed by atoms with Crippen LogP contribution in [-0.2, 0) is 19.6 Å². The third-order valence-corrected chi connectivity index (χ3v) is 4.85. The Kier molecular flexibility index (Phi) is 6.40. The van der Waals surface area contributed by atoms with Gasteiger partial charge in [0.2, 0.25) is 5.91 Å². The second-order valence-electron chi connectivity index (χ2n) is 5.91. The maximum Gasteiger partial charge on any atom is 0.261 e. The van der Waals surface area contributed by atoms with Crippen molar-refractivity contribution in [3.05, 3.63) is 48.5 Å². The van der Waals surface area contributed by atoms with E-state index in [0.29, 0.717) is 17.1 Å². The maximum absolute atomic E-state index is 12.4. The Hall–Kier alpha value is -3.07. The number of sulfonamides is 1. The van der Waals surface area contributed by atoms with Gasteiger partial charge >= 0.3 is 0 Å². The number of ether oxygens (including phenoxy) is 1. The number of nitrogens with one attached hydrogen (secondary N) is 2. The van der Waals surface area contributed by atoms with Crippen molar-refractivity contribution in [2.75, 3.05) is 30.7 Å². The van der Waals surface area contributed by atoms with Crippen LogP contribution in [0.3, 0.4) is 0 Å². The van der Waals surface area contributed by atoms with Crippen LogP contribution in [-0.4, -0.2) is 45.8 Å². The molecule has 2 aromatic carbocycles. The van der Waals surface area contributed by atoms with Crippen molar-refractivity contribution in [2.45, 2.75) is 11.8 Å². The van der Waals surface area contributed by atoms with E-state index in [1.54, 1.807) is 38.4 Å². The van der Waals surface area contributed by atoms with E-state index in [-0.39, 0.29) is 23.3 Å². The summed E-state index contributed by atoms with van der Waals surface area (Å²) in [6.45, 7) is 1.26. The zero-order valence-corrected chi connectivity index (χ0v) is 16.0. The number of benzene rings is 2. The predicted molar refractivity (Wildman–Crippen MR) is 102 cm³/mol. The zero-order valence-electron chi connectivity index (χ0n) is 15.2. The standard InChI is InChI=1S/C18H21N3O5S/c1-13(22)19-14-4-6-15(7-5-14)20-27(24,25)17-10-8-16(9-11-17)26-12-18(23)21(2)3/h4-11,20H,12H2,1-3H3,(H,19,22). The fourth-order valence-corrected chi connectivity index (χ4v) is 3.09. The molecule has 2 rings (SSSR count). The molecular formula is C18H21N3O5S. The first-order chi connectivity index (χ1) is 12.7. The van der Waals surface area contributed by atoms with Crippen molar-refractivity contribution in [3.8, 4) is 5.75 Å². The summed E-state index contributed by atoms with van der Waals surface area (Å²) < 4.78 is 32.7. The largest absolute Gasteiger partial charge is 0.484 e. The number of nitrogens with zero attached hydrogens (tertiary/aromatic N) is 1. The number of anilines is 2. The van der Waals surface area contributed by atoms with Crippen LogP contribution >= 0.6 is 0 Å². The van der Waals surface area contributed by atoms with Crippen molar-refractivity contribution in [1.29, 1.82) is 0 Å². The molecule has 0 heterocycles. The van der Waals surface area contributed by atoms with Crippen LogP contribution in [0.5, 0.6) is 5.75 Å². The lowest BCUT2D eigenvalue weighted by atomic mass is 10.3. The Morgan fingerprint density at radius 2 is 1.52 bits per heavy atom. The summed E-state index contributed by atoms with van der Waals surface area (Å²) in [7, 11) is -0.537. The van der Waals surface area contributed by atoms with Crippen molar-refractivity contribution in [3.63, 3.8) is 0 Å². The average molecular weight is 391 g/mol. The fourth-order valence-electron chi connectivity index (χ4n) is 2.03. The van der Waals surface area contributed by atoms with Gasteiger partial charge in [0.15, 0.2) is 6.61 Å². The molecule has 144 valence electrons. The lowest BCUT2D eigenvalue weighted by molar-refractivity contribution is -0.130. The average Bonchev–Trinajstić information content (AvgIpc) is 2.61. The second-order valence-corrected chi connectivity index (χ2v) is 7.59. The summed E-state index contributed by atoms with van der Waals surface area (Å²) in [6, 6.07) is 12.0. The molecule has 27 heavy (non-hydrogen) atoms. The molecule has 0 aromatic heterocycles. The molecule has 2 amide bonds. The van der Waals surface area contributed by atoms with Crippen molar-refractivity contribution in [2.24, 2.45) is 0 Å². The molecule has 0 aliphatic carbocycles. The first-order valence-corrected chi connectivity index (χ1v) is 9.49. The molecule has 8 nitrogen and oxygen atoms in total. The highest BCUT2D eigenvalue weighted by atomic mass is 32.2. The second kappa shape index (κ2) is 8.54. The van der Waals surface area contributed by atoms with Gasteiger partial charge in [0, 0.05) is 32.4 Å². The minimum Gasteiger partial charge on any atom is -0.484 e. The van der Waals surface area contributed by atoms with Gasteiger partial charge < -0.3 is 15.0 Å². The molecule has 0 fully saturated rings. The molecular weight excluding hydrogens is 370 g/mol.